The highest BCUT2D eigenvalue weighted by Crippen LogP contribution is 2.29. The van der Waals surface area contributed by atoms with Gasteiger partial charge in [0.25, 0.3) is 0 Å². The minimum Gasteiger partial charge on any atom is -0.392 e. The number of aliphatic hydroxyl groups excluding tert-OH is 1. The van der Waals surface area contributed by atoms with Crippen LogP contribution in [0, 0.1) is 0 Å². The molecule has 2 heterocycles. The van der Waals surface area contributed by atoms with E-state index in [1.165, 1.54) is 27.4 Å². The topological polar surface area (TPSA) is 57.6 Å². The maximum absolute atomic E-state index is 12.7. The third-order valence-corrected chi connectivity index (χ3v) is 6.83. The minimum atomic E-state index is -3.56. The normalized spacial score (nSPS) is 15.9. The summed E-state index contributed by atoms with van der Waals surface area (Å²) < 4.78 is 26.9. The Morgan fingerprint density at radius 2 is 2.14 bits per heavy atom. The van der Waals surface area contributed by atoms with Crippen molar-refractivity contribution in [1.29, 1.82) is 0 Å². The molecule has 0 bridgehead atoms. The number of nitrogens with zero attached hydrogens (tertiary/aromatic N) is 1. The fourth-order valence-corrected chi connectivity index (χ4v) is 4.95. The summed E-state index contributed by atoms with van der Waals surface area (Å²) in [7, 11) is -3.56. The molecule has 0 fully saturated rings. The monoisotopic (exact) mass is 343 g/mol. The molecule has 112 valence electrons. The predicted octanol–water partition coefficient (Wildman–Crippen LogP) is 2.64. The van der Waals surface area contributed by atoms with Crippen LogP contribution < -0.4 is 0 Å². The first-order valence-electron chi connectivity index (χ1n) is 6.47. The van der Waals surface area contributed by atoms with Crippen LogP contribution in [0.25, 0.3) is 0 Å². The molecule has 2 aromatic rings. The number of hydrogen-bond acceptors (Lipinski definition) is 4. The number of fused-ring (bicyclic) bond motifs is 1. The lowest BCUT2D eigenvalue weighted by Crippen LogP contribution is -2.35. The number of sulfonamides is 1. The van der Waals surface area contributed by atoms with Gasteiger partial charge in [0.15, 0.2) is 0 Å². The lowest BCUT2D eigenvalue weighted by Gasteiger charge is -2.26. The van der Waals surface area contributed by atoms with Gasteiger partial charge in [0.05, 0.1) is 11.5 Å². The van der Waals surface area contributed by atoms with Crippen LogP contribution in [0.4, 0.5) is 0 Å². The molecular formula is C14H14ClNO3S2. The molecule has 1 aliphatic rings. The summed E-state index contributed by atoms with van der Waals surface area (Å²) >= 11 is 7.59. The molecular weight excluding hydrogens is 330 g/mol. The average Bonchev–Trinajstić information content (AvgIpc) is 2.94. The van der Waals surface area contributed by atoms with Gasteiger partial charge in [-0.15, -0.1) is 11.3 Å². The highest BCUT2D eigenvalue weighted by molar-refractivity contribution is 7.89. The first-order valence-corrected chi connectivity index (χ1v) is 9.17. The van der Waals surface area contributed by atoms with Crippen LogP contribution >= 0.6 is 22.9 Å². The maximum Gasteiger partial charge on any atom is 0.243 e. The summed E-state index contributed by atoms with van der Waals surface area (Å²) in [4.78, 5) is 1.43. The van der Waals surface area contributed by atoms with Crippen molar-refractivity contribution in [2.24, 2.45) is 0 Å². The van der Waals surface area contributed by atoms with Crippen molar-refractivity contribution in [3.63, 3.8) is 0 Å². The molecule has 0 spiro atoms. The second-order valence-corrected chi connectivity index (χ2v) is 8.21. The van der Waals surface area contributed by atoms with Gasteiger partial charge in [-0.3, -0.25) is 0 Å². The maximum atomic E-state index is 12.7. The van der Waals surface area contributed by atoms with Gasteiger partial charge in [-0.05, 0) is 47.2 Å². The third-order valence-electron chi connectivity index (χ3n) is 3.60. The smallest absolute Gasteiger partial charge is 0.243 e. The van der Waals surface area contributed by atoms with E-state index in [1.54, 1.807) is 11.3 Å². The summed E-state index contributed by atoms with van der Waals surface area (Å²) in [5.74, 6) is 0. The molecule has 0 atom stereocenters. The Labute approximate surface area is 132 Å². The van der Waals surface area contributed by atoms with Crippen LogP contribution in [0.1, 0.15) is 16.0 Å². The van der Waals surface area contributed by atoms with E-state index < -0.39 is 10.0 Å². The zero-order valence-electron chi connectivity index (χ0n) is 11.1. The SMILES string of the molecule is O=S(=O)(c1ccc(Cl)c(CO)c1)N1CCc2sccc2C1. The Morgan fingerprint density at radius 1 is 1.33 bits per heavy atom. The minimum absolute atomic E-state index is 0.176. The van der Waals surface area contributed by atoms with E-state index in [9.17, 15) is 13.5 Å². The fourth-order valence-electron chi connectivity index (χ4n) is 2.41. The van der Waals surface area contributed by atoms with Crippen LogP contribution in [0.2, 0.25) is 5.02 Å². The van der Waals surface area contributed by atoms with Crippen LogP contribution in [0.3, 0.4) is 0 Å². The molecule has 0 aliphatic carbocycles. The predicted molar refractivity (Wildman–Crippen MR) is 83.0 cm³/mol. The Morgan fingerprint density at radius 3 is 2.90 bits per heavy atom. The van der Waals surface area contributed by atoms with E-state index in [0.29, 0.717) is 23.7 Å². The van der Waals surface area contributed by atoms with Crippen LogP contribution in [0.5, 0.6) is 0 Å². The van der Waals surface area contributed by atoms with Crippen molar-refractivity contribution in [1.82, 2.24) is 4.31 Å². The standard InChI is InChI=1S/C14H14ClNO3S2/c15-13-2-1-12(7-11(13)9-17)21(18,19)16-5-3-14-10(8-16)4-6-20-14/h1-2,4,6-7,17H,3,5,8-9H2. The Bertz CT molecular complexity index is 770. The molecule has 1 aliphatic heterocycles. The second kappa shape index (κ2) is 5.70. The molecule has 1 aromatic carbocycles. The van der Waals surface area contributed by atoms with Gasteiger partial charge < -0.3 is 5.11 Å². The molecule has 21 heavy (non-hydrogen) atoms. The van der Waals surface area contributed by atoms with Crippen molar-refractivity contribution < 1.29 is 13.5 Å². The van der Waals surface area contributed by atoms with Crippen LogP contribution in [-0.4, -0.2) is 24.4 Å². The molecule has 1 aromatic heterocycles. The zero-order valence-corrected chi connectivity index (χ0v) is 13.5. The quantitative estimate of drug-likeness (QED) is 0.932. The summed E-state index contributed by atoms with van der Waals surface area (Å²) in [6.45, 7) is 0.599. The van der Waals surface area contributed by atoms with Gasteiger partial charge in [0.1, 0.15) is 0 Å². The molecule has 4 nitrogen and oxygen atoms in total. The van der Waals surface area contributed by atoms with Crippen molar-refractivity contribution in [2.45, 2.75) is 24.5 Å². The summed E-state index contributed by atoms with van der Waals surface area (Å²) in [5, 5.41) is 11.6. The number of hydrogen-bond donors (Lipinski definition) is 1. The van der Waals surface area contributed by atoms with Crippen molar-refractivity contribution in [3.8, 4) is 0 Å². The summed E-state index contributed by atoms with van der Waals surface area (Å²) in [6.07, 6.45) is 0.743. The molecule has 0 radical (unpaired) electrons. The Hall–Kier alpha value is -0.920. The molecule has 3 rings (SSSR count). The average molecular weight is 344 g/mol. The molecule has 0 unspecified atom stereocenters. The van der Waals surface area contributed by atoms with Crippen LogP contribution in [0.15, 0.2) is 34.5 Å². The van der Waals surface area contributed by atoms with E-state index in [-0.39, 0.29) is 11.5 Å². The first kappa shape index (κ1) is 15.0. The Balaban J connectivity index is 1.94. The molecule has 0 saturated heterocycles. The highest BCUT2D eigenvalue weighted by atomic mass is 35.5. The van der Waals surface area contributed by atoms with E-state index in [2.05, 4.69) is 0 Å². The van der Waals surface area contributed by atoms with E-state index in [0.717, 1.165) is 12.0 Å². The molecule has 0 amide bonds. The van der Waals surface area contributed by atoms with E-state index >= 15 is 0 Å². The van der Waals surface area contributed by atoms with Crippen molar-refractivity contribution >= 4 is 33.0 Å². The summed E-state index contributed by atoms with van der Waals surface area (Å²) in [5.41, 5.74) is 1.50. The van der Waals surface area contributed by atoms with Crippen LogP contribution in [-0.2, 0) is 29.6 Å². The molecule has 7 heteroatoms. The highest BCUT2D eigenvalue weighted by Gasteiger charge is 2.29. The van der Waals surface area contributed by atoms with Crippen molar-refractivity contribution in [2.75, 3.05) is 6.54 Å². The summed E-state index contributed by atoms with van der Waals surface area (Å²) in [6, 6.07) is 6.42. The Kier molecular flexibility index (Phi) is 4.07. The third kappa shape index (κ3) is 2.74. The lowest BCUT2D eigenvalue weighted by molar-refractivity contribution is 0.281. The van der Waals surface area contributed by atoms with Gasteiger partial charge in [-0.1, -0.05) is 11.6 Å². The number of halogens is 1. The van der Waals surface area contributed by atoms with Crippen molar-refractivity contribution in [3.05, 3.63) is 50.7 Å². The van der Waals surface area contributed by atoms with E-state index in [1.807, 2.05) is 11.4 Å². The van der Waals surface area contributed by atoms with Gasteiger partial charge in [-0.25, -0.2) is 8.42 Å². The molecule has 1 N–H and O–H groups in total. The fraction of sp³-hybridized carbons (Fsp3) is 0.286. The molecule has 0 saturated carbocycles. The number of thiophene rings is 1. The largest absolute Gasteiger partial charge is 0.392 e. The number of rotatable bonds is 3. The lowest BCUT2D eigenvalue weighted by atomic mass is 10.1. The zero-order chi connectivity index (χ0) is 15.0. The van der Waals surface area contributed by atoms with Gasteiger partial charge in [0, 0.05) is 23.0 Å². The van der Waals surface area contributed by atoms with E-state index in [4.69, 9.17) is 11.6 Å². The number of benzene rings is 1. The van der Waals surface area contributed by atoms with Gasteiger partial charge >= 0.3 is 0 Å². The second-order valence-electron chi connectivity index (χ2n) is 4.87. The van der Waals surface area contributed by atoms with Gasteiger partial charge in [0.2, 0.25) is 10.0 Å². The first-order chi connectivity index (χ1) is 10.0. The van der Waals surface area contributed by atoms with Gasteiger partial charge in [-0.2, -0.15) is 4.31 Å². The number of aliphatic hydroxyl groups is 1.